The third-order valence-corrected chi connectivity index (χ3v) is 3.67. The highest BCUT2D eigenvalue weighted by atomic mass is 16.5. The minimum Gasteiger partial charge on any atom is -0.469 e. The Morgan fingerprint density at radius 2 is 1.95 bits per heavy atom. The second-order valence-corrected chi connectivity index (χ2v) is 5.65. The maximum absolute atomic E-state index is 11.1. The molecule has 0 saturated carbocycles. The monoisotopic (exact) mass is 296 g/mol. The van der Waals surface area contributed by atoms with Crippen molar-refractivity contribution in [3.05, 3.63) is 11.7 Å². The summed E-state index contributed by atoms with van der Waals surface area (Å²) >= 11 is 0. The van der Waals surface area contributed by atoms with Gasteiger partial charge in [0.05, 0.1) is 20.1 Å². The number of hydrogen-bond acceptors (Lipinski definition) is 7. The van der Waals surface area contributed by atoms with Crippen LogP contribution in [0.5, 0.6) is 0 Å². The van der Waals surface area contributed by atoms with Crippen LogP contribution in [0.2, 0.25) is 0 Å². The molecule has 7 nitrogen and oxygen atoms in total. The molecule has 7 heteroatoms. The van der Waals surface area contributed by atoms with Crippen LogP contribution in [0.3, 0.4) is 0 Å². The highest BCUT2D eigenvalue weighted by Crippen LogP contribution is 2.12. The molecule has 1 aromatic heterocycles. The van der Waals surface area contributed by atoms with Crippen LogP contribution in [0.25, 0.3) is 0 Å². The number of rotatable bonds is 6. The minimum atomic E-state index is -0.148. The maximum Gasteiger partial charge on any atom is 0.306 e. The zero-order valence-corrected chi connectivity index (χ0v) is 13.0. The van der Waals surface area contributed by atoms with E-state index in [-0.39, 0.29) is 11.9 Å². The largest absolute Gasteiger partial charge is 0.469 e. The van der Waals surface area contributed by atoms with Crippen LogP contribution in [0.1, 0.15) is 37.9 Å². The van der Waals surface area contributed by atoms with Gasteiger partial charge in [0, 0.05) is 38.6 Å². The lowest BCUT2D eigenvalue weighted by Crippen LogP contribution is -2.46. The van der Waals surface area contributed by atoms with E-state index in [9.17, 15) is 4.79 Å². The van der Waals surface area contributed by atoms with Gasteiger partial charge < -0.3 is 14.2 Å². The SMILES string of the molecule is COC(=O)CCN1CCN(Cc2noc(C(C)C)n2)CC1. The van der Waals surface area contributed by atoms with Gasteiger partial charge in [0.1, 0.15) is 0 Å². The molecule has 1 aliphatic heterocycles. The highest BCUT2D eigenvalue weighted by molar-refractivity contribution is 5.69. The molecule has 1 saturated heterocycles. The van der Waals surface area contributed by atoms with Crippen molar-refractivity contribution in [2.24, 2.45) is 0 Å². The summed E-state index contributed by atoms with van der Waals surface area (Å²) in [7, 11) is 1.43. The number of carbonyl (C=O) groups is 1. The van der Waals surface area contributed by atoms with E-state index in [4.69, 9.17) is 4.52 Å². The Morgan fingerprint density at radius 3 is 2.52 bits per heavy atom. The van der Waals surface area contributed by atoms with Gasteiger partial charge in [-0.1, -0.05) is 19.0 Å². The molecule has 0 unspecified atom stereocenters. The Morgan fingerprint density at radius 1 is 1.29 bits per heavy atom. The lowest BCUT2D eigenvalue weighted by atomic mass is 10.2. The van der Waals surface area contributed by atoms with Crippen molar-refractivity contribution in [3.8, 4) is 0 Å². The topological polar surface area (TPSA) is 71.7 Å². The first kappa shape index (κ1) is 15.9. The summed E-state index contributed by atoms with van der Waals surface area (Å²) in [6.45, 7) is 9.37. The molecule has 0 amide bonds. The zero-order valence-electron chi connectivity index (χ0n) is 13.0. The molecule has 1 aliphatic rings. The van der Waals surface area contributed by atoms with Crippen LogP contribution < -0.4 is 0 Å². The summed E-state index contributed by atoms with van der Waals surface area (Å²) < 4.78 is 9.88. The number of methoxy groups -OCH3 is 1. The molecule has 0 aliphatic carbocycles. The first-order chi connectivity index (χ1) is 10.1. The third kappa shape index (κ3) is 4.78. The summed E-state index contributed by atoms with van der Waals surface area (Å²) in [4.78, 5) is 20.1. The molecule has 0 bridgehead atoms. The number of aromatic nitrogens is 2. The number of carbonyl (C=O) groups excluding carboxylic acids is 1. The molecular formula is C14H24N4O3. The second-order valence-electron chi connectivity index (χ2n) is 5.65. The number of piperazine rings is 1. The van der Waals surface area contributed by atoms with Gasteiger partial charge in [0.25, 0.3) is 0 Å². The predicted molar refractivity (Wildman–Crippen MR) is 76.7 cm³/mol. The maximum atomic E-state index is 11.1. The van der Waals surface area contributed by atoms with E-state index in [0.717, 1.165) is 45.1 Å². The first-order valence-electron chi connectivity index (χ1n) is 7.42. The fourth-order valence-electron chi connectivity index (χ4n) is 2.29. The van der Waals surface area contributed by atoms with E-state index < -0.39 is 0 Å². The molecular weight excluding hydrogens is 272 g/mol. The first-order valence-corrected chi connectivity index (χ1v) is 7.42. The summed E-state index contributed by atoms with van der Waals surface area (Å²) in [6, 6.07) is 0. The Hall–Kier alpha value is -1.47. The van der Waals surface area contributed by atoms with Gasteiger partial charge in [-0.15, -0.1) is 0 Å². The average Bonchev–Trinajstić information content (AvgIpc) is 2.95. The second kappa shape index (κ2) is 7.51. The highest BCUT2D eigenvalue weighted by Gasteiger charge is 2.19. The lowest BCUT2D eigenvalue weighted by Gasteiger charge is -2.33. The van der Waals surface area contributed by atoms with Crippen molar-refractivity contribution in [2.75, 3.05) is 39.8 Å². The van der Waals surface area contributed by atoms with Gasteiger partial charge >= 0.3 is 5.97 Å². The number of nitrogens with zero attached hydrogens (tertiary/aromatic N) is 4. The normalized spacial score (nSPS) is 17.3. The van der Waals surface area contributed by atoms with Gasteiger partial charge in [-0.25, -0.2) is 0 Å². The summed E-state index contributed by atoms with van der Waals surface area (Å²) in [6.07, 6.45) is 0.457. The van der Waals surface area contributed by atoms with E-state index in [1.54, 1.807) is 0 Å². The van der Waals surface area contributed by atoms with E-state index in [1.807, 2.05) is 13.8 Å². The molecule has 1 aromatic rings. The molecule has 21 heavy (non-hydrogen) atoms. The minimum absolute atomic E-state index is 0.148. The van der Waals surface area contributed by atoms with Gasteiger partial charge in [0.2, 0.25) is 5.89 Å². The zero-order chi connectivity index (χ0) is 15.2. The van der Waals surface area contributed by atoms with Crippen LogP contribution in [0.4, 0.5) is 0 Å². The fraction of sp³-hybridized carbons (Fsp3) is 0.786. The van der Waals surface area contributed by atoms with E-state index >= 15 is 0 Å². The van der Waals surface area contributed by atoms with Gasteiger partial charge in [0.15, 0.2) is 5.82 Å². The molecule has 1 fully saturated rings. The van der Waals surface area contributed by atoms with Gasteiger partial charge in [-0.2, -0.15) is 4.98 Å². The van der Waals surface area contributed by atoms with Crippen LogP contribution in [-0.2, 0) is 16.1 Å². The predicted octanol–water partition coefficient (Wildman–Crippen LogP) is 0.874. The van der Waals surface area contributed by atoms with Crippen molar-refractivity contribution < 1.29 is 14.1 Å². The van der Waals surface area contributed by atoms with Crippen molar-refractivity contribution in [3.63, 3.8) is 0 Å². The smallest absolute Gasteiger partial charge is 0.306 e. The van der Waals surface area contributed by atoms with Crippen LogP contribution in [0.15, 0.2) is 4.52 Å². The van der Waals surface area contributed by atoms with E-state index in [0.29, 0.717) is 12.3 Å². The standard InChI is InChI=1S/C14H24N4O3/c1-11(2)14-15-12(16-21-14)10-18-8-6-17(7-9-18)5-4-13(19)20-3/h11H,4-10H2,1-3H3. The average molecular weight is 296 g/mol. The van der Waals surface area contributed by atoms with Crippen molar-refractivity contribution >= 4 is 5.97 Å². The quantitative estimate of drug-likeness (QED) is 0.721. The van der Waals surface area contributed by atoms with E-state index in [1.165, 1.54) is 7.11 Å². The molecule has 0 N–H and O–H groups in total. The Bertz CT molecular complexity index is 453. The van der Waals surface area contributed by atoms with Crippen molar-refractivity contribution in [1.29, 1.82) is 0 Å². The molecule has 0 aromatic carbocycles. The third-order valence-electron chi connectivity index (χ3n) is 3.67. The molecule has 0 radical (unpaired) electrons. The lowest BCUT2D eigenvalue weighted by molar-refractivity contribution is -0.141. The molecule has 2 heterocycles. The van der Waals surface area contributed by atoms with Gasteiger partial charge in [-0.05, 0) is 0 Å². The number of hydrogen-bond donors (Lipinski definition) is 0. The molecule has 0 spiro atoms. The van der Waals surface area contributed by atoms with Crippen molar-refractivity contribution in [2.45, 2.75) is 32.7 Å². The van der Waals surface area contributed by atoms with Crippen LogP contribution >= 0.6 is 0 Å². The Labute approximate surface area is 125 Å². The van der Waals surface area contributed by atoms with Gasteiger partial charge in [-0.3, -0.25) is 9.69 Å². The number of esters is 1. The van der Waals surface area contributed by atoms with Crippen molar-refractivity contribution in [1.82, 2.24) is 19.9 Å². The number of ether oxygens (including phenoxy) is 1. The summed E-state index contributed by atoms with van der Waals surface area (Å²) in [5, 5.41) is 4.02. The Balaban J connectivity index is 1.72. The Kier molecular flexibility index (Phi) is 5.69. The molecule has 2 rings (SSSR count). The van der Waals surface area contributed by atoms with Crippen LogP contribution in [0, 0.1) is 0 Å². The van der Waals surface area contributed by atoms with E-state index in [2.05, 4.69) is 24.7 Å². The summed E-state index contributed by atoms with van der Waals surface area (Å²) in [5.74, 6) is 1.57. The fourth-order valence-corrected chi connectivity index (χ4v) is 2.29. The summed E-state index contributed by atoms with van der Waals surface area (Å²) in [5.41, 5.74) is 0. The molecule has 0 atom stereocenters. The molecule has 118 valence electrons. The van der Waals surface area contributed by atoms with Crippen LogP contribution in [-0.4, -0.2) is 65.7 Å².